The Morgan fingerprint density at radius 1 is 1.21 bits per heavy atom. The van der Waals surface area contributed by atoms with Crippen LogP contribution in [-0.2, 0) is 19.9 Å². The Labute approximate surface area is 117 Å². The van der Waals surface area contributed by atoms with Gasteiger partial charge < -0.3 is 5.73 Å². The molecule has 1 aromatic heterocycles. The third-order valence-corrected chi connectivity index (χ3v) is 4.35. The molecule has 1 aromatic rings. The fourth-order valence-electron chi connectivity index (χ4n) is 3.27. The summed E-state index contributed by atoms with van der Waals surface area (Å²) in [6.07, 6.45) is 10.6. The lowest BCUT2D eigenvalue weighted by atomic mass is 9.92. The van der Waals surface area contributed by atoms with Gasteiger partial charge in [-0.05, 0) is 24.7 Å². The van der Waals surface area contributed by atoms with E-state index in [0.717, 1.165) is 24.6 Å². The van der Waals surface area contributed by atoms with Crippen molar-refractivity contribution in [2.24, 2.45) is 18.9 Å². The molecule has 0 atom stereocenters. The zero-order valence-corrected chi connectivity index (χ0v) is 12.8. The number of rotatable bonds is 4. The van der Waals surface area contributed by atoms with Gasteiger partial charge in [0.25, 0.3) is 0 Å². The Bertz CT molecular complexity index is 398. The van der Waals surface area contributed by atoms with E-state index in [1.807, 2.05) is 11.7 Å². The van der Waals surface area contributed by atoms with E-state index in [2.05, 4.69) is 18.9 Å². The number of aryl methyl sites for hydroxylation is 1. The molecule has 0 unspecified atom stereocenters. The van der Waals surface area contributed by atoms with Crippen LogP contribution in [0.25, 0.3) is 0 Å². The molecule has 0 aliphatic heterocycles. The molecule has 0 amide bonds. The van der Waals surface area contributed by atoms with E-state index < -0.39 is 0 Å². The topological polar surface area (TPSA) is 43.8 Å². The number of hydrogen-bond donors (Lipinski definition) is 1. The van der Waals surface area contributed by atoms with Crippen molar-refractivity contribution in [1.82, 2.24) is 9.78 Å². The van der Waals surface area contributed by atoms with Crippen LogP contribution >= 0.6 is 0 Å². The third kappa shape index (κ3) is 3.74. The van der Waals surface area contributed by atoms with Crippen molar-refractivity contribution in [3.05, 3.63) is 11.3 Å². The molecule has 0 saturated heterocycles. The van der Waals surface area contributed by atoms with Crippen molar-refractivity contribution in [3.63, 3.8) is 0 Å². The van der Waals surface area contributed by atoms with E-state index >= 15 is 0 Å². The van der Waals surface area contributed by atoms with Crippen LogP contribution in [-0.4, -0.2) is 9.78 Å². The average Bonchev–Trinajstić information content (AvgIpc) is 2.59. The van der Waals surface area contributed by atoms with E-state index in [-0.39, 0.29) is 0 Å². The molecule has 1 heterocycles. The summed E-state index contributed by atoms with van der Waals surface area (Å²) < 4.78 is 1.86. The summed E-state index contributed by atoms with van der Waals surface area (Å²) in [5, 5.41) is 4.68. The second-order valence-electron chi connectivity index (χ2n) is 6.59. The van der Waals surface area contributed by atoms with Gasteiger partial charge in [0.2, 0.25) is 0 Å². The van der Waals surface area contributed by atoms with Gasteiger partial charge in [-0.2, -0.15) is 5.10 Å². The molecule has 1 fully saturated rings. The summed E-state index contributed by atoms with van der Waals surface area (Å²) in [6, 6.07) is 0. The predicted molar refractivity (Wildman–Crippen MR) is 81.1 cm³/mol. The molecular weight excluding hydrogens is 234 g/mol. The summed E-state index contributed by atoms with van der Waals surface area (Å²) >= 11 is 0. The summed E-state index contributed by atoms with van der Waals surface area (Å²) in [6.45, 7) is 4.50. The Kier molecular flexibility index (Phi) is 4.89. The molecule has 1 saturated carbocycles. The van der Waals surface area contributed by atoms with Crippen LogP contribution in [0.1, 0.15) is 63.6 Å². The fourth-order valence-corrected chi connectivity index (χ4v) is 3.27. The molecule has 0 bridgehead atoms. The van der Waals surface area contributed by atoms with Crippen molar-refractivity contribution in [1.29, 1.82) is 0 Å². The van der Waals surface area contributed by atoms with Crippen LogP contribution in [0, 0.1) is 11.8 Å². The largest absolute Gasteiger partial charge is 0.384 e. The Balaban J connectivity index is 2.11. The van der Waals surface area contributed by atoms with Crippen molar-refractivity contribution in [2.45, 2.75) is 65.2 Å². The molecule has 2 rings (SSSR count). The molecule has 3 heteroatoms. The van der Waals surface area contributed by atoms with Gasteiger partial charge in [0.1, 0.15) is 5.82 Å². The van der Waals surface area contributed by atoms with E-state index in [9.17, 15) is 0 Å². The Hall–Kier alpha value is -0.990. The van der Waals surface area contributed by atoms with Crippen LogP contribution in [0.3, 0.4) is 0 Å². The molecule has 0 spiro atoms. The fraction of sp³-hybridized carbons (Fsp3) is 0.812. The lowest BCUT2D eigenvalue weighted by molar-refractivity contribution is 0.449. The Morgan fingerprint density at radius 2 is 1.84 bits per heavy atom. The zero-order valence-electron chi connectivity index (χ0n) is 12.8. The second kappa shape index (κ2) is 6.44. The molecule has 1 aliphatic rings. The highest BCUT2D eigenvalue weighted by atomic mass is 15.3. The van der Waals surface area contributed by atoms with E-state index in [0.29, 0.717) is 5.92 Å². The number of aromatic nitrogens is 2. The van der Waals surface area contributed by atoms with E-state index in [1.54, 1.807) is 0 Å². The van der Waals surface area contributed by atoms with Gasteiger partial charge in [0.15, 0.2) is 0 Å². The molecule has 0 radical (unpaired) electrons. The van der Waals surface area contributed by atoms with E-state index in [1.165, 1.54) is 49.8 Å². The number of hydrogen-bond acceptors (Lipinski definition) is 2. The SMILES string of the molecule is CC(C)Cc1c(CC2CCCCCC2)nn(C)c1N. The highest BCUT2D eigenvalue weighted by Gasteiger charge is 2.20. The number of nitrogen functional groups attached to an aromatic ring is 1. The molecule has 2 N–H and O–H groups in total. The highest BCUT2D eigenvalue weighted by molar-refractivity contribution is 5.43. The first-order valence-electron chi connectivity index (χ1n) is 7.88. The summed E-state index contributed by atoms with van der Waals surface area (Å²) in [7, 11) is 1.97. The summed E-state index contributed by atoms with van der Waals surface area (Å²) in [4.78, 5) is 0. The smallest absolute Gasteiger partial charge is 0.124 e. The molecular formula is C16H29N3. The quantitative estimate of drug-likeness (QED) is 0.841. The maximum Gasteiger partial charge on any atom is 0.124 e. The van der Waals surface area contributed by atoms with Crippen LogP contribution < -0.4 is 5.73 Å². The van der Waals surface area contributed by atoms with Gasteiger partial charge in [0, 0.05) is 12.6 Å². The van der Waals surface area contributed by atoms with Gasteiger partial charge in [-0.15, -0.1) is 0 Å². The first-order chi connectivity index (χ1) is 9.08. The van der Waals surface area contributed by atoms with Crippen molar-refractivity contribution in [2.75, 3.05) is 5.73 Å². The summed E-state index contributed by atoms with van der Waals surface area (Å²) in [5.74, 6) is 2.33. The molecule has 108 valence electrons. The van der Waals surface area contributed by atoms with Crippen LogP contribution in [0.15, 0.2) is 0 Å². The zero-order chi connectivity index (χ0) is 13.8. The van der Waals surface area contributed by atoms with Gasteiger partial charge in [-0.1, -0.05) is 52.4 Å². The molecule has 19 heavy (non-hydrogen) atoms. The lowest BCUT2D eigenvalue weighted by Gasteiger charge is -2.14. The number of nitrogens with two attached hydrogens (primary N) is 1. The van der Waals surface area contributed by atoms with Crippen LogP contribution in [0.2, 0.25) is 0 Å². The van der Waals surface area contributed by atoms with Crippen LogP contribution in [0.4, 0.5) is 5.82 Å². The van der Waals surface area contributed by atoms with Crippen molar-refractivity contribution >= 4 is 5.82 Å². The van der Waals surface area contributed by atoms with Gasteiger partial charge in [-0.3, -0.25) is 4.68 Å². The molecule has 0 aromatic carbocycles. The van der Waals surface area contributed by atoms with Gasteiger partial charge >= 0.3 is 0 Å². The van der Waals surface area contributed by atoms with Crippen molar-refractivity contribution < 1.29 is 0 Å². The number of nitrogens with zero attached hydrogens (tertiary/aromatic N) is 2. The van der Waals surface area contributed by atoms with E-state index in [4.69, 9.17) is 5.73 Å². The van der Waals surface area contributed by atoms with Gasteiger partial charge in [-0.25, -0.2) is 0 Å². The van der Waals surface area contributed by atoms with Crippen LogP contribution in [0.5, 0.6) is 0 Å². The van der Waals surface area contributed by atoms with Gasteiger partial charge in [0.05, 0.1) is 5.69 Å². The lowest BCUT2D eigenvalue weighted by Crippen LogP contribution is -2.07. The normalized spacial score (nSPS) is 17.9. The first kappa shape index (κ1) is 14.4. The minimum absolute atomic E-state index is 0.638. The minimum atomic E-state index is 0.638. The first-order valence-corrected chi connectivity index (χ1v) is 7.88. The average molecular weight is 263 g/mol. The maximum absolute atomic E-state index is 6.19. The maximum atomic E-state index is 6.19. The Morgan fingerprint density at radius 3 is 2.42 bits per heavy atom. The third-order valence-electron chi connectivity index (χ3n) is 4.35. The standard InChI is InChI=1S/C16H29N3/c1-12(2)10-14-15(18-19(3)16(14)17)11-13-8-6-4-5-7-9-13/h12-13H,4-11,17H2,1-3H3. The molecule has 1 aliphatic carbocycles. The number of anilines is 1. The summed E-state index contributed by atoms with van der Waals surface area (Å²) in [5.41, 5.74) is 8.76. The second-order valence-corrected chi connectivity index (χ2v) is 6.59. The van der Waals surface area contributed by atoms with Crippen molar-refractivity contribution in [3.8, 4) is 0 Å². The highest BCUT2D eigenvalue weighted by Crippen LogP contribution is 2.29. The monoisotopic (exact) mass is 263 g/mol. The predicted octanol–water partition coefficient (Wildman–Crippen LogP) is 3.71. The molecule has 3 nitrogen and oxygen atoms in total. The minimum Gasteiger partial charge on any atom is -0.384 e.